The quantitative estimate of drug-likeness (QED) is 0.508. The molecule has 4 rings (SSSR count). The lowest BCUT2D eigenvalue weighted by atomic mass is 10.1. The molecule has 1 aromatic heterocycles. The van der Waals surface area contributed by atoms with Gasteiger partial charge >= 0.3 is 0 Å². The summed E-state index contributed by atoms with van der Waals surface area (Å²) in [6.07, 6.45) is 2.09. The average molecular weight is 379 g/mol. The summed E-state index contributed by atoms with van der Waals surface area (Å²) < 4.78 is 1.45. The third-order valence-electron chi connectivity index (χ3n) is 4.46. The predicted molar refractivity (Wildman–Crippen MR) is 107 cm³/mol. The first-order valence-electron chi connectivity index (χ1n) is 8.91. The molecule has 0 radical (unpaired) electrons. The Balaban J connectivity index is 1.61. The van der Waals surface area contributed by atoms with Crippen LogP contribution in [0.25, 0.3) is 11.4 Å². The fraction of sp³-hybridized carbons (Fsp3) is 0.250. The number of nitrogens with zero attached hydrogens (tertiary/aromatic N) is 3. The highest BCUT2D eigenvalue weighted by Crippen LogP contribution is 2.36. The first-order chi connectivity index (χ1) is 13.1. The maximum Gasteiger partial charge on any atom is 0.238 e. The number of carbonyl (C=O) groups excluding carboxylic acids is 1. The normalized spacial score (nSPS) is 14.7. The number of nitrogen functional groups attached to an aromatic ring is 1. The third kappa shape index (κ3) is 3.98. The summed E-state index contributed by atoms with van der Waals surface area (Å²) in [5.41, 5.74) is 2.97. The monoisotopic (exact) mass is 379 g/mol. The minimum absolute atomic E-state index is 0.0198. The van der Waals surface area contributed by atoms with E-state index in [-0.39, 0.29) is 5.91 Å². The van der Waals surface area contributed by atoms with Crippen molar-refractivity contribution in [1.82, 2.24) is 20.2 Å². The maximum absolute atomic E-state index is 12.8. The molecule has 6 nitrogen and oxygen atoms in total. The molecule has 0 aliphatic heterocycles. The Hall–Kier alpha value is -2.80. The van der Waals surface area contributed by atoms with Crippen molar-refractivity contribution in [3.05, 3.63) is 65.7 Å². The molecule has 3 aromatic rings. The highest BCUT2D eigenvalue weighted by atomic mass is 32.2. The molecule has 1 aliphatic rings. The summed E-state index contributed by atoms with van der Waals surface area (Å²) in [5.74, 6) is 6.81. The Bertz CT molecular complexity index is 935. The fourth-order valence-corrected chi connectivity index (χ4v) is 3.73. The summed E-state index contributed by atoms with van der Waals surface area (Å²) in [4.78, 5) is 12.8. The first kappa shape index (κ1) is 17.6. The zero-order valence-electron chi connectivity index (χ0n) is 15.0. The number of hydrogen-bond acceptors (Lipinski definition) is 5. The number of hydrogen-bond donors (Lipinski definition) is 2. The van der Waals surface area contributed by atoms with Gasteiger partial charge in [0.15, 0.2) is 5.82 Å². The van der Waals surface area contributed by atoms with Gasteiger partial charge in [0, 0.05) is 11.6 Å². The molecule has 1 unspecified atom stereocenters. The Kier molecular flexibility index (Phi) is 4.85. The molecule has 1 aliphatic carbocycles. The van der Waals surface area contributed by atoms with E-state index in [9.17, 15) is 4.79 Å². The highest BCUT2D eigenvalue weighted by molar-refractivity contribution is 8.00. The van der Waals surface area contributed by atoms with E-state index in [1.807, 2.05) is 61.5 Å². The maximum atomic E-state index is 12.8. The molecular weight excluding hydrogens is 358 g/mol. The van der Waals surface area contributed by atoms with Gasteiger partial charge in [0.05, 0.1) is 0 Å². The third-order valence-corrected chi connectivity index (χ3v) is 5.67. The molecule has 2 aromatic carbocycles. The largest absolute Gasteiger partial charge is 0.352 e. The minimum Gasteiger partial charge on any atom is -0.352 e. The number of benzene rings is 2. The second kappa shape index (κ2) is 7.44. The van der Waals surface area contributed by atoms with Crippen LogP contribution in [0.4, 0.5) is 0 Å². The van der Waals surface area contributed by atoms with Crippen LogP contribution in [0.5, 0.6) is 0 Å². The summed E-state index contributed by atoms with van der Waals surface area (Å²) in [5, 5.41) is 11.6. The molecule has 7 heteroatoms. The van der Waals surface area contributed by atoms with Crippen LogP contribution in [0, 0.1) is 6.92 Å². The van der Waals surface area contributed by atoms with Crippen molar-refractivity contribution in [2.45, 2.75) is 36.2 Å². The molecule has 0 bridgehead atoms. The van der Waals surface area contributed by atoms with Gasteiger partial charge in [0.25, 0.3) is 0 Å². The zero-order chi connectivity index (χ0) is 18.8. The molecule has 1 saturated carbocycles. The van der Waals surface area contributed by atoms with Crippen molar-refractivity contribution in [1.29, 1.82) is 0 Å². The predicted octanol–water partition coefficient (Wildman–Crippen LogP) is 3.08. The molecule has 138 valence electrons. The molecule has 3 N–H and O–H groups in total. The van der Waals surface area contributed by atoms with Crippen LogP contribution in [0.2, 0.25) is 0 Å². The lowest BCUT2D eigenvalue weighted by Gasteiger charge is -2.16. The number of carbonyl (C=O) groups is 1. The summed E-state index contributed by atoms with van der Waals surface area (Å²) in [6.45, 7) is 2.03. The SMILES string of the molecule is Cc1ccc(-c2nnc(SC(C(=O)NC3CC3)c3ccccc3)n2N)cc1. The van der Waals surface area contributed by atoms with Crippen molar-refractivity contribution < 1.29 is 4.79 Å². The van der Waals surface area contributed by atoms with Crippen LogP contribution in [-0.2, 0) is 4.79 Å². The van der Waals surface area contributed by atoms with Gasteiger partial charge in [-0.1, -0.05) is 71.9 Å². The smallest absolute Gasteiger partial charge is 0.238 e. The topological polar surface area (TPSA) is 85.8 Å². The van der Waals surface area contributed by atoms with Crippen molar-refractivity contribution in [2.24, 2.45) is 0 Å². The van der Waals surface area contributed by atoms with E-state index in [2.05, 4.69) is 15.5 Å². The lowest BCUT2D eigenvalue weighted by Crippen LogP contribution is -2.30. The van der Waals surface area contributed by atoms with Gasteiger partial charge in [-0.2, -0.15) is 0 Å². The number of amides is 1. The summed E-state index contributed by atoms with van der Waals surface area (Å²) in [6, 6.07) is 17.9. The molecule has 0 spiro atoms. The van der Waals surface area contributed by atoms with Crippen molar-refractivity contribution in [3.63, 3.8) is 0 Å². The van der Waals surface area contributed by atoms with E-state index in [0.29, 0.717) is 17.0 Å². The molecular formula is C20H21N5OS. The van der Waals surface area contributed by atoms with Crippen molar-refractivity contribution in [3.8, 4) is 11.4 Å². The van der Waals surface area contributed by atoms with Crippen LogP contribution in [0.1, 0.15) is 29.2 Å². The van der Waals surface area contributed by atoms with Gasteiger partial charge in [-0.05, 0) is 25.3 Å². The number of nitrogens with one attached hydrogen (secondary N) is 1. The Morgan fingerprint density at radius 1 is 1.15 bits per heavy atom. The lowest BCUT2D eigenvalue weighted by molar-refractivity contribution is -0.120. The van der Waals surface area contributed by atoms with Gasteiger partial charge in [0.1, 0.15) is 5.25 Å². The molecule has 1 atom stereocenters. The Labute approximate surface area is 162 Å². The number of rotatable bonds is 6. The van der Waals surface area contributed by atoms with E-state index in [4.69, 9.17) is 5.84 Å². The minimum atomic E-state index is -0.427. The van der Waals surface area contributed by atoms with Crippen LogP contribution in [0.3, 0.4) is 0 Å². The Morgan fingerprint density at radius 2 is 1.85 bits per heavy atom. The highest BCUT2D eigenvalue weighted by Gasteiger charge is 2.30. The van der Waals surface area contributed by atoms with E-state index >= 15 is 0 Å². The molecule has 1 amide bonds. The summed E-state index contributed by atoms with van der Waals surface area (Å²) in [7, 11) is 0. The van der Waals surface area contributed by atoms with Gasteiger partial charge < -0.3 is 11.2 Å². The van der Waals surface area contributed by atoms with Crippen LogP contribution in [0.15, 0.2) is 59.8 Å². The van der Waals surface area contributed by atoms with E-state index in [1.54, 1.807) is 0 Å². The average Bonchev–Trinajstić information content (AvgIpc) is 3.42. The van der Waals surface area contributed by atoms with Crippen molar-refractivity contribution >= 4 is 17.7 Å². The number of thioether (sulfide) groups is 1. The van der Waals surface area contributed by atoms with Gasteiger partial charge in [-0.3, -0.25) is 4.79 Å². The summed E-state index contributed by atoms with van der Waals surface area (Å²) >= 11 is 1.32. The van der Waals surface area contributed by atoms with E-state index < -0.39 is 5.25 Å². The second-order valence-corrected chi connectivity index (χ2v) is 7.81. The number of aromatic nitrogens is 3. The number of aryl methyl sites for hydroxylation is 1. The second-order valence-electron chi connectivity index (χ2n) is 6.73. The molecule has 1 fully saturated rings. The molecule has 27 heavy (non-hydrogen) atoms. The van der Waals surface area contributed by atoms with Gasteiger partial charge in [-0.15, -0.1) is 10.2 Å². The van der Waals surface area contributed by atoms with Gasteiger partial charge in [0.2, 0.25) is 11.1 Å². The zero-order valence-corrected chi connectivity index (χ0v) is 15.8. The van der Waals surface area contributed by atoms with Crippen molar-refractivity contribution in [2.75, 3.05) is 5.84 Å². The van der Waals surface area contributed by atoms with Crippen LogP contribution in [-0.4, -0.2) is 26.8 Å². The fourth-order valence-electron chi connectivity index (χ4n) is 2.77. The van der Waals surface area contributed by atoms with Crippen LogP contribution >= 0.6 is 11.8 Å². The number of nitrogens with two attached hydrogens (primary N) is 1. The van der Waals surface area contributed by atoms with E-state index in [0.717, 1.165) is 29.5 Å². The first-order valence-corrected chi connectivity index (χ1v) is 9.79. The van der Waals surface area contributed by atoms with Crippen LogP contribution < -0.4 is 11.2 Å². The van der Waals surface area contributed by atoms with E-state index in [1.165, 1.54) is 16.4 Å². The standard InChI is InChI=1S/C20H21N5OS/c1-13-7-9-15(10-8-13)18-23-24-20(25(18)21)27-17(14-5-3-2-4-6-14)19(26)22-16-11-12-16/h2-10,16-17H,11-12,21H2,1H3,(H,22,26). The molecule has 0 saturated heterocycles. The molecule has 1 heterocycles. The Morgan fingerprint density at radius 3 is 2.52 bits per heavy atom. The van der Waals surface area contributed by atoms with Gasteiger partial charge in [-0.25, -0.2) is 4.68 Å².